The van der Waals surface area contributed by atoms with Crippen LogP contribution < -0.4 is 0 Å². The zero-order valence-electron chi connectivity index (χ0n) is 10.3. The zero-order chi connectivity index (χ0) is 14.1. The molecule has 0 spiro atoms. The van der Waals surface area contributed by atoms with E-state index in [4.69, 9.17) is 5.26 Å². The van der Waals surface area contributed by atoms with Crippen molar-refractivity contribution < 1.29 is 8.78 Å². The molecule has 1 heterocycles. The lowest BCUT2D eigenvalue weighted by atomic mass is 10.1. The number of nitriles is 1. The van der Waals surface area contributed by atoms with E-state index in [-0.39, 0.29) is 0 Å². The Labute approximate surface area is 113 Å². The van der Waals surface area contributed by atoms with Gasteiger partial charge in [0.2, 0.25) is 0 Å². The molecule has 0 saturated carbocycles. The van der Waals surface area contributed by atoms with Gasteiger partial charge in [-0.15, -0.1) is 0 Å². The summed E-state index contributed by atoms with van der Waals surface area (Å²) < 4.78 is 28.1. The van der Waals surface area contributed by atoms with E-state index in [2.05, 4.69) is 11.1 Å². The number of aromatic nitrogens is 2. The average Bonchev–Trinajstić information content (AvgIpc) is 2.82. The number of halogens is 2. The first-order chi connectivity index (χ1) is 9.69. The van der Waals surface area contributed by atoms with Gasteiger partial charge >= 0.3 is 0 Å². The molecule has 2 aromatic carbocycles. The summed E-state index contributed by atoms with van der Waals surface area (Å²) in [6.07, 6.45) is 1.51. The van der Waals surface area contributed by atoms with Crippen LogP contribution in [-0.2, 0) is 6.54 Å². The highest BCUT2D eigenvalue weighted by atomic mass is 19.2. The van der Waals surface area contributed by atoms with Gasteiger partial charge in [0.05, 0.1) is 35.5 Å². The van der Waals surface area contributed by atoms with Crippen LogP contribution in [-0.4, -0.2) is 9.55 Å². The van der Waals surface area contributed by atoms with Gasteiger partial charge < -0.3 is 4.57 Å². The molecule has 0 radical (unpaired) electrons. The maximum atomic E-state index is 13.3. The predicted molar refractivity (Wildman–Crippen MR) is 69.9 cm³/mol. The Morgan fingerprint density at radius 3 is 2.70 bits per heavy atom. The summed E-state index contributed by atoms with van der Waals surface area (Å²) in [5, 5.41) is 9.06. The third kappa shape index (κ3) is 2.01. The van der Waals surface area contributed by atoms with E-state index in [1.54, 1.807) is 16.7 Å². The van der Waals surface area contributed by atoms with Gasteiger partial charge in [0.25, 0.3) is 0 Å². The second-order valence-electron chi connectivity index (χ2n) is 4.40. The van der Waals surface area contributed by atoms with E-state index in [1.165, 1.54) is 6.33 Å². The molecule has 5 heteroatoms. The molecule has 0 atom stereocenters. The number of hydrogen-bond donors (Lipinski definition) is 0. The molecule has 3 aromatic rings. The van der Waals surface area contributed by atoms with E-state index in [0.717, 1.165) is 17.7 Å². The Balaban J connectivity index is 2.08. The van der Waals surface area contributed by atoms with Crippen LogP contribution in [0.25, 0.3) is 11.0 Å². The fourth-order valence-electron chi connectivity index (χ4n) is 2.13. The van der Waals surface area contributed by atoms with Gasteiger partial charge in [0.15, 0.2) is 11.6 Å². The van der Waals surface area contributed by atoms with Crippen LogP contribution in [0.3, 0.4) is 0 Å². The molecule has 0 aliphatic rings. The normalized spacial score (nSPS) is 10.7. The maximum Gasteiger partial charge on any atom is 0.161 e. The first-order valence-electron chi connectivity index (χ1n) is 5.97. The van der Waals surface area contributed by atoms with Crippen LogP contribution in [0.5, 0.6) is 0 Å². The van der Waals surface area contributed by atoms with Gasteiger partial charge in [-0.3, -0.25) is 0 Å². The maximum absolute atomic E-state index is 13.3. The standard InChI is InChI=1S/C15H9F2N3/c16-12-5-14-15(6-13(12)17)20(9-19-14)8-11-4-2-1-3-10(11)7-18/h1-6,9H,8H2. The van der Waals surface area contributed by atoms with Crippen molar-refractivity contribution >= 4 is 11.0 Å². The average molecular weight is 269 g/mol. The largest absolute Gasteiger partial charge is 0.326 e. The molecule has 0 bridgehead atoms. The second-order valence-corrected chi connectivity index (χ2v) is 4.40. The van der Waals surface area contributed by atoms with Gasteiger partial charge in [-0.1, -0.05) is 18.2 Å². The lowest BCUT2D eigenvalue weighted by Gasteiger charge is -2.06. The number of rotatable bonds is 2. The predicted octanol–water partition coefficient (Wildman–Crippen LogP) is 3.23. The monoisotopic (exact) mass is 269 g/mol. The van der Waals surface area contributed by atoms with Crippen LogP contribution in [0.1, 0.15) is 11.1 Å². The van der Waals surface area contributed by atoms with E-state index in [9.17, 15) is 8.78 Å². The van der Waals surface area contributed by atoms with Crippen molar-refractivity contribution in [3.05, 3.63) is 65.5 Å². The highest BCUT2D eigenvalue weighted by Gasteiger charge is 2.10. The molecule has 98 valence electrons. The van der Waals surface area contributed by atoms with E-state index >= 15 is 0 Å². The fourth-order valence-corrected chi connectivity index (χ4v) is 2.13. The van der Waals surface area contributed by atoms with Crippen LogP contribution in [0.15, 0.2) is 42.7 Å². The van der Waals surface area contributed by atoms with Gasteiger partial charge in [0, 0.05) is 12.1 Å². The highest BCUT2D eigenvalue weighted by molar-refractivity contribution is 5.75. The molecular weight excluding hydrogens is 260 g/mol. The Hall–Kier alpha value is -2.74. The van der Waals surface area contributed by atoms with Crippen LogP contribution in [0, 0.1) is 23.0 Å². The Morgan fingerprint density at radius 1 is 1.15 bits per heavy atom. The summed E-state index contributed by atoms with van der Waals surface area (Å²) in [4.78, 5) is 4.05. The molecule has 0 aliphatic carbocycles. The van der Waals surface area contributed by atoms with Crippen molar-refractivity contribution in [3.8, 4) is 6.07 Å². The fraction of sp³-hybridized carbons (Fsp3) is 0.0667. The summed E-state index contributed by atoms with van der Waals surface area (Å²) in [7, 11) is 0. The summed E-state index contributed by atoms with van der Waals surface area (Å²) in [5.74, 6) is -1.83. The SMILES string of the molecule is N#Cc1ccccc1Cn1cnc2cc(F)c(F)cc21. The molecule has 0 unspecified atom stereocenters. The molecule has 0 amide bonds. The van der Waals surface area contributed by atoms with Crippen molar-refractivity contribution in [1.29, 1.82) is 5.26 Å². The number of fused-ring (bicyclic) bond motifs is 1. The van der Waals surface area contributed by atoms with E-state index in [0.29, 0.717) is 23.1 Å². The van der Waals surface area contributed by atoms with Gasteiger partial charge in [-0.2, -0.15) is 5.26 Å². The third-order valence-electron chi connectivity index (χ3n) is 3.14. The van der Waals surface area contributed by atoms with Crippen molar-refractivity contribution in [1.82, 2.24) is 9.55 Å². The number of imidazole rings is 1. The number of nitrogens with zero attached hydrogens (tertiary/aromatic N) is 3. The molecule has 20 heavy (non-hydrogen) atoms. The van der Waals surface area contributed by atoms with Crippen molar-refractivity contribution in [3.63, 3.8) is 0 Å². The molecule has 0 N–H and O–H groups in total. The summed E-state index contributed by atoms with van der Waals surface area (Å²) >= 11 is 0. The van der Waals surface area contributed by atoms with Crippen LogP contribution in [0.2, 0.25) is 0 Å². The lowest BCUT2D eigenvalue weighted by molar-refractivity contribution is 0.510. The molecular formula is C15H9F2N3. The summed E-state index contributed by atoms with van der Waals surface area (Å²) in [6, 6.07) is 11.4. The molecule has 3 nitrogen and oxygen atoms in total. The molecule has 0 aliphatic heterocycles. The summed E-state index contributed by atoms with van der Waals surface area (Å²) in [6.45, 7) is 0.380. The van der Waals surface area contributed by atoms with E-state index < -0.39 is 11.6 Å². The highest BCUT2D eigenvalue weighted by Crippen LogP contribution is 2.19. The molecule has 0 fully saturated rings. The third-order valence-corrected chi connectivity index (χ3v) is 3.14. The van der Waals surface area contributed by atoms with Gasteiger partial charge in [0.1, 0.15) is 0 Å². The molecule has 1 aromatic heterocycles. The Bertz CT molecular complexity index is 831. The molecule has 3 rings (SSSR count). The first kappa shape index (κ1) is 12.3. The lowest BCUT2D eigenvalue weighted by Crippen LogP contribution is -2.00. The number of benzene rings is 2. The first-order valence-corrected chi connectivity index (χ1v) is 5.97. The van der Waals surface area contributed by atoms with Crippen molar-refractivity contribution in [2.24, 2.45) is 0 Å². The minimum atomic E-state index is -0.917. The van der Waals surface area contributed by atoms with Crippen LogP contribution >= 0.6 is 0 Å². The second kappa shape index (κ2) is 4.74. The Kier molecular flexibility index (Phi) is 2.92. The quantitative estimate of drug-likeness (QED) is 0.716. The van der Waals surface area contributed by atoms with Crippen molar-refractivity contribution in [2.45, 2.75) is 6.54 Å². The van der Waals surface area contributed by atoms with E-state index in [1.807, 2.05) is 12.1 Å². The molecule has 0 saturated heterocycles. The van der Waals surface area contributed by atoms with Gasteiger partial charge in [-0.05, 0) is 11.6 Å². The minimum Gasteiger partial charge on any atom is -0.326 e. The Morgan fingerprint density at radius 2 is 1.90 bits per heavy atom. The topological polar surface area (TPSA) is 41.6 Å². The smallest absolute Gasteiger partial charge is 0.161 e. The number of hydrogen-bond acceptors (Lipinski definition) is 2. The van der Waals surface area contributed by atoms with Crippen molar-refractivity contribution in [2.75, 3.05) is 0 Å². The minimum absolute atomic E-state index is 0.380. The van der Waals surface area contributed by atoms with Crippen LogP contribution in [0.4, 0.5) is 8.78 Å². The zero-order valence-corrected chi connectivity index (χ0v) is 10.3. The summed E-state index contributed by atoms with van der Waals surface area (Å²) in [5.41, 5.74) is 2.24. The van der Waals surface area contributed by atoms with Gasteiger partial charge in [-0.25, -0.2) is 13.8 Å².